The average molecular weight is 425 g/mol. The fourth-order valence-corrected chi connectivity index (χ4v) is 4.10. The number of nitrogens with zero attached hydrogens (tertiary/aromatic N) is 5. The number of pyridine rings is 1. The zero-order chi connectivity index (χ0) is 21.5. The van der Waals surface area contributed by atoms with E-state index >= 15 is 0 Å². The molecule has 0 amide bonds. The van der Waals surface area contributed by atoms with Crippen molar-refractivity contribution < 1.29 is 17.9 Å². The molecule has 6 nitrogen and oxygen atoms in total. The average Bonchev–Trinajstić information content (AvgIpc) is 3.40. The number of fused-ring (bicyclic) bond motifs is 1. The Hall–Kier alpha value is -3.49. The summed E-state index contributed by atoms with van der Waals surface area (Å²) >= 11 is 0. The van der Waals surface area contributed by atoms with E-state index in [2.05, 4.69) is 19.9 Å². The van der Waals surface area contributed by atoms with Crippen LogP contribution < -0.4 is 4.74 Å². The summed E-state index contributed by atoms with van der Waals surface area (Å²) in [4.78, 5) is 17.6. The van der Waals surface area contributed by atoms with Crippen molar-refractivity contribution in [2.75, 3.05) is 7.11 Å². The third-order valence-corrected chi connectivity index (χ3v) is 5.56. The largest absolute Gasteiger partial charge is 0.481 e. The lowest BCUT2D eigenvalue weighted by Gasteiger charge is -2.16. The van der Waals surface area contributed by atoms with Gasteiger partial charge in [0.1, 0.15) is 28.8 Å². The van der Waals surface area contributed by atoms with Gasteiger partial charge in [0.25, 0.3) is 0 Å². The number of rotatable bonds is 4. The highest BCUT2D eigenvalue weighted by molar-refractivity contribution is 5.79. The van der Waals surface area contributed by atoms with Crippen LogP contribution in [0.3, 0.4) is 0 Å². The zero-order valence-corrected chi connectivity index (χ0v) is 16.6. The molecule has 1 aromatic carbocycles. The molecule has 0 bridgehead atoms. The molecule has 3 heterocycles. The summed E-state index contributed by atoms with van der Waals surface area (Å²) in [6.07, 6.45) is 6.79. The van der Waals surface area contributed by atoms with Crippen LogP contribution >= 0.6 is 0 Å². The summed E-state index contributed by atoms with van der Waals surface area (Å²) in [5, 5.41) is 0. The maximum atomic E-state index is 14.6. The highest BCUT2D eigenvalue weighted by atomic mass is 19.1. The maximum absolute atomic E-state index is 14.6. The van der Waals surface area contributed by atoms with E-state index < -0.39 is 17.5 Å². The summed E-state index contributed by atoms with van der Waals surface area (Å²) in [5.74, 6) is -2.01. The van der Waals surface area contributed by atoms with Gasteiger partial charge in [-0.1, -0.05) is 12.8 Å². The van der Waals surface area contributed by atoms with Crippen LogP contribution in [0.2, 0.25) is 0 Å². The van der Waals surface area contributed by atoms with Gasteiger partial charge in [-0.05, 0) is 18.9 Å². The van der Waals surface area contributed by atoms with Crippen LogP contribution in [0.4, 0.5) is 13.2 Å². The Labute approximate surface area is 175 Å². The molecule has 0 aliphatic heterocycles. The van der Waals surface area contributed by atoms with E-state index in [4.69, 9.17) is 4.74 Å². The fourth-order valence-electron chi connectivity index (χ4n) is 4.10. The molecular formula is C22H18F3N5O. The van der Waals surface area contributed by atoms with Crippen LogP contribution in [0.25, 0.3) is 33.9 Å². The molecule has 4 aromatic rings. The summed E-state index contributed by atoms with van der Waals surface area (Å²) < 4.78 is 49.6. The van der Waals surface area contributed by atoms with Gasteiger partial charge in [0, 0.05) is 36.0 Å². The molecule has 1 aliphatic rings. The molecular weight excluding hydrogens is 407 g/mol. The van der Waals surface area contributed by atoms with E-state index in [0.29, 0.717) is 40.6 Å². The maximum Gasteiger partial charge on any atom is 0.212 e. The van der Waals surface area contributed by atoms with E-state index in [1.54, 1.807) is 22.9 Å². The summed E-state index contributed by atoms with van der Waals surface area (Å²) in [6, 6.07) is 4.80. The molecule has 3 aromatic heterocycles. The summed E-state index contributed by atoms with van der Waals surface area (Å²) in [5.41, 5.74) is 1.20. The summed E-state index contributed by atoms with van der Waals surface area (Å²) in [7, 11) is 1.53. The van der Waals surface area contributed by atoms with Crippen molar-refractivity contribution >= 4 is 11.2 Å². The standard InChI is InChI=1S/C22H18F3N5O/c1-31-18-7-6-12(10-26-18)20-27-11-17-21(29-20)30(14-4-2-3-5-14)22(28-17)19-15(24)8-13(23)9-16(19)25/h6-11,14H,2-5H2,1H3. The van der Waals surface area contributed by atoms with Crippen molar-refractivity contribution in [3.05, 3.63) is 54.1 Å². The molecule has 1 fully saturated rings. The van der Waals surface area contributed by atoms with Gasteiger partial charge in [-0.25, -0.2) is 33.1 Å². The van der Waals surface area contributed by atoms with Crippen LogP contribution in [0.1, 0.15) is 31.7 Å². The van der Waals surface area contributed by atoms with Crippen LogP contribution in [-0.4, -0.2) is 31.6 Å². The summed E-state index contributed by atoms with van der Waals surface area (Å²) in [6.45, 7) is 0. The lowest BCUT2D eigenvalue weighted by Crippen LogP contribution is -2.09. The van der Waals surface area contributed by atoms with E-state index in [1.807, 2.05) is 0 Å². The first-order valence-corrected chi connectivity index (χ1v) is 9.95. The second kappa shape index (κ2) is 7.64. The lowest BCUT2D eigenvalue weighted by atomic mass is 10.1. The highest BCUT2D eigenvalue weighted by Gasteiger charge is 2.28. The third-order valence-electron chi connectivity index (χ3n) is 5.56. The van der Waals surface area contributed by atoms with Crippen LogP contribution in [0.15, 0.2) is 36.7 Å². The molecule has 0 spiro atoms. The number of hydrogen-bond acceptors (Lipinski definition) is 5. The number of halogens is 3. The van der Waals surface area contributed by atoms with Crippen molar-refractivity contribution in [2.45, 2.75) is 31.7 Å². The normalized spacial score (nSPS) is 14.5. The van der Waals surface area contributed by atoms with E-state index in [9.17, 15) is 13.2 Å². The second-order valence-corrected chi connectivity index (χ2v) is 7.48. The van der Waals surface area contributed by atoms with Gasteiger partial charge in [0.15, 0.2) is 11.5 Å². The van der Waals surface area contributed by atoms with Gasteiger partial charge in [-0.2, -0.15) is 0 Å². The van der Waals surface area contributed by atoms with Crippen molar-refractivity contribution in [1.29, 1.82) is 0 Å². The number of hydrogen-bond donors (Lipinski definition) is 0. The Morgan fingerprint density at radius 1 is 0.968 bits per heavy atom. The second-order valence-electron chi connectivity index (χ2n) is 7.48. The van der Waals surface area contributed by atoms with Gasteiger partial charge in [-0.15, -0.1) is 0 Å². The SMILES string of the molecule is COc1ccc(-c2ncc3nc(-c4c(F)cc(F)cc4F)n(C4CCCC4)c3n2)cn1. The van der Waals surface area contributed by atoms with Crippen LogP contribution in [-0.2, 0) is 0 Å². The molecule has 9 heteroatoms. The van der Waals surface area contributed by atoms with Crippen LogP contribution in [0, 0.1) is 17.5 Å². The van der Waals surface area contributed by atoms with Gasteiger partial charge in [0.05, 0.1) is 18.9 Å². The van der Waals surface area contributed by atoms with Crippen molar-refractivity contribution in [1.82, 2.24) is 24.5 Å². The highest BCUT2D eigenvalue weighted by Crippen LogP contribution is 2.38. The minimum Gasteiger partial charge on any atom is -0.481 e. The first-order valence-electron chi connectivity index (χ1n) is 9.95. The number of methoxy groups -OCH3 is 1. The molecule has 1 aliphatic carbocycles. The molecule has 158 valence electrons. The molecule has 1 saturated carbocycles. The Morgan fingerprint density at radius 3 is 2.35 bits per heavy atom. The minimum absolute atomic E-state index is 0.0133. The Bertz CT molecular complexity index is 1240. The minimum atomic E-state index is -1.00. The molecule has 0 radical (unpaired) electrons. The first kappa shape index (κ1) is 19.5. The molecule has 31 heavy (non-hydrogen) atoms. The van der Waals surface area contributed by atoms with Gasteiger partial charge in [0.2, 0.25) is 5.88 Å². The first-order chi connectivity index (χ1) is 15.0. The predicted molar refractivity (Wildman–Crippen MR) is 108 cm³/mol. The fraction of sp³-hybridized carbons (Fsp3) is 0.273. The molecule has 0 unspecified atom stereocenters. The third kappa shape index (κ3) is 3.39. The molecule has 0 saturated heterocycles. The van der Waals surface area contributed by atoms with Gasteiger partial charge >= 0.3 is 0 Å². The van der Waals surface area contributed by atoms with Crippen molar-refractivity contribution in [2.24, 2.45) is 0 Å². The van der Waals surface area contributed by atoms with Gasteiger partial charge in [-0.3, -0.25) is 0 Å². The number of benzene rings is 1. The van der Waals surface area contributed by atoms with Crippen LogP contribution in [0.5, 0.6) is 5.88 Å². The monoisotopic (exact) mass is 425 g/mol. The number of ether oxygens (including phenoxy) is 1. The van der Waals surface area contributed by atoms with Gasteiger partial charge < -0.3 is 9.30 Å². The molecule has 0 N–H and O–H groups in total. The Kier molecular flexibility index (Phi) is 4.80. The lowest BCUT2D eigenvalue weighted by molar-refractivity contribution is 0.398. The van der Waals surface area contributed by atoms with E-state index in [-0.39, 0.29) is 17.4 Å². The zero-order valence-electron chi connectivity index (χ0n) is 16.6. The molecule has 5 rings (SSSR count). The Balaban J connectivity index is 1.72. The smallest absolute Gasteiger partial charge is 0.212 e. The van der Waals surface area contributed by atoms with Crippen molar-refractivity contribution in [3.63, 3.8) is 0 Å². The number of imidazole rings is 1. The molecule has 0 atom stereocenters. The van der Waals surface area contributed by atoms with Crippen molar-refractivity contribution in [3.8, 4) is 28.7 Å². The van der Waals surface area contributed by atoms with E-state index in [0.717, 1.165) is 25.7 Å². The predicted octanol–water partition coefficient (Wildman–Crippen LogP) is 5.10. The Morgan fingerprint density at radius 2 is 1.71 bits per heavy atom. The topological polar surface area (TPSA) is 65.7 Å². The quantitative estimate of drug-likeness (QED) is 0.455. The number of aromatic nitrogens is 5. The van der Waals surface area contributed by atoms with E-state index in [1.165, 1.54) is 13.3 Å².